The molecule has 188 valence electrons. The van der Waals surface area contributed by atoms with Crippen LogP contribution in [0.3, 0.4) is 0 Å². The zero-order valence-electron chi connectivity index (χ0n) is 21.0. The van der Waals surface area contributed by atoms with Crippen molar-refractivity contribution in [3.8, 4) is 5.75 Å². The van der Waals surface area contributed by atoms with Crippen LogP contribution in [-0.2, 0) is 11.8 Å². The Balaban J connectivity index is 1.78. The van der Waals surface area contributed by atoms with Gasteiger partial charge in [-0.15, -0.1) is 0 Å². The lowest BCUT2D eigenvalue weighted by atomic mass is 10.0. The molecule has 10 heteroatoms. The summed E-state index contributed by atoms with van der Waals surface area (Å²) in [7, 11) is 7.53. The van der Waals surface area contributed by atoms with Crippen molar-refractivity contribution in [3.05, 3.63) is 40.6 Å². The molecule has 4 rings (SSSR count). The molecule has 0 amide bonds. The van der Waals surface area contributed by atoms with E-state index in [2.05, 4.69) is 29.3 Å². The molecule has 0 aliphatic carbocycles. The van der Waals surface area contributed by atoms with Gasteiger partial charge in [-0.25, -0.2) is 9.47 Å². The largest absolute Gasteiger partial charge is 0.496 e. The molecule has 0 spiro atoms. The van der Waals surface area contributed by atoms with E-state index in [4.69, 9.17) is 14.9 Å². The van der Waals surface area contributed by atoms with Gasteiger partial charge in [-0.05, 0) is 39.5 Å². The molecule has 1 saturated heterocycles. The first kappa shape index (κ1) is 24.7. The Kier molecular flexibility index (Phi) is 7.72. The van der Waals surface area contributed by atoms with Gasteiger partial charge in [0.2, 0.25) is 0 Å². The van der Waals surface area contributed by atoms with Crippen LogP contribution in [0.2, 0.25) is 0 Å². The summed E-state index contributed by atoms with van der Waals surface area (Å²) in [6.45, 7) is 4.29. The summed E-state index contributed by atoms with van der Waals surface area (Å²) in [5, 5.41) is 14.3. The number of morpholine rings is 1. The fourth-order valence-corrected chi connectivity index (χ4v) is 4.45. The van der Waals surface area contributed by atoms with Gasteiger partial charge < -0.3 is 30.1 Å². The Hall–Kier alpha value is -3.37. The predicted octanol–water partition coefficient (Wildman–Crippen LogP) is 1.79. The maximum atomic E-state index is 13.2. The third-order valence-electron chi connectivity index (χ3n) is 6.35. The van der Waals surface area contributed by atoms with Crippen LogP contribution in [0.5, 0.6) is 5.75 Å². The predicted molar refractivity (Wildman–Crippen MR) is 140 cm³/mol. The number of rotatable bonds is 10. The smallest absolute Gasteiger partial charge is 0.347 e. The number of nitrogens with zero attached hydrogens (tertiary/aromatic N) is 5. The van der Waals surface area contributed by atoms with Gasteiger partial charge in [0.15, 0.2) is 0 Å². The summed E-state index contributed by atoms with van der Waals surface area (Å²) in [6.07, 6.45) is 7.06. The van der Waals surface area contributed by atoms with Crippen LogP contribution in [-0.4, -0.2) is 85.9 Å². The summed E-state index contributed by atoms with van der Waals surface area (Å²) in [4.78, 5) is 20.0. The van der Waals surface area contributed by atoms with Crippen molar-refractivity contribution >= 4 is 33.7 Å². The molecule has 3 heterocycles. The number of methoxy groups -OCH3 is 1. The van der Waals surface area contributed by atoms with E-state index in [9.17, 15) is 4.79 Å². The highest BCUT2D eigenvalue weighted by Crippen LogP contribution is 2.33. The standard InChI is InChI=1S/C25H35N7O3/c1-29(2)8-6-5-7-27-16-18(15-26)19-13-20-21(14-23(19)34-4)28-17-22-24(20)32(25(33)30(22)3)31-9-11-35-12-10-31/h13-17,26-27H,5-12H2,1-4H3/b18-16+,26-15?. The van der Waals surface area contributed by atoms with Crippen molar-refractivity contribution in [2.45, 2.75) is 12.8 Å². The molecule has 10 nitrogen and oxygen atoms in total. The summed E-state index contributed by atoms with van der Waals surface area (Å²) in [5.74, 6) is 0.629. The number of unbranched alkanes of at least 4 members (excludes halogenated alkanes) is 1. The van der Waals surface area contributed by atoms with Gasteiger partial charge in [-0.2, -0.15) is 0 Å². The molecule has 0 atom stereocenters. The maximum Gasteiger partial charge on any atom is 0.347 e. The first-order valence-corrected chi connectivity index (χ1v) is 12.0. The van der Waals surface area contributed by atoms with Crippen molar-refractivity contribution in [2.75, 3.05) is 65.6 Å². The highest BCUT2D eigenvalue weighted by atomic mass is 16.5. The summed E-state index contributed by atoms with van der Waals surface area (Å²) >= 11 is 0. The van der Waals surface area contributed by atoms with Gasteiger partial charge in [-0.3, -0.25) is 9.55 Å². The van der Waals surface area contributed by atoms with Crippen LogP contribution in [0.1, 0.15) is 18.4 Å². The van der Waals surface area contributed by atoms with Crippen LogP contribution in [0, 0.1) is 5.41 Å². The third-order valence-corrected chi connectivity index (χ3v) is 6.35. The Morgan fingerprint density at radius 3 is 2.74 bits per heavy atom. The molecule has 1 aliphatic rings. The highest BCUT2D eigenvalue weighted by Gasteiger charge is 2.22. The minimum absolute atomic E-state index is 0.115. The molecule has 0 unspecified atom stereocenters. The molecule has 0 bridgehead atoms. The van der Waals surface area contributed by atoms with Gasteiger partial charge in [-0.1, -0.05) is 0 Å². The molecule has 2 aromatic heterocycles. The quantitative estimate of drug-likeness (QED) is 0.336. The summed E-state index contributed by atoms with van der Waals surface area (Å²) in [5.41, 5.74) is 3.64. The number of fused-ring (bicyclic) bond motifs is 3. The number of pyridine rings is 1. The topological polar surface area (TPSA) is 101 Å². The minimum atomic E-state index is -0.115. The zero-order chi connectivity index (χ0) is 24.9. The number of hydrogen-bond acceptors (Lipinski definition) is 8. The van der Waals surface area contributed by atoms with E-state index in [1.165, 1.54) is 6.21 Å². The molecular weight excluding hydrogens is 446 g/mol. The Morgan fingerprint density at radius 1 is 1.29 bits per heavy atom. The van der Waals surface area contributed by atoms with E-state index in [0.29, 0.717) is 37.6 Å². The third kappa shape index (κ3) is 5.03. The highest BCUT2D eigenvalue weighted by molar-refractivity contribution is 6.12. The van der Waals surface area contributed by atoms with Crippen molar-refractivity contribution < 1.29 is 9.47 Å². The summed E-state index contributed by atoms with van der Waals surface area (Å²) in [6, 6.07) is 3.85. The normalized spacial score (nSPS) is 14.8. The molecule has 0 radical (unpaired) electrons. The average molecular weight is 482 g/mol. The number of aromatic nitrogens is 3. The van der Waals surface area contributed by atoms with Crippen LogP contribution < -0.4 is 20.8 Å². The lowest BCUT2D eigenvalue weighted by Crippen LogP contribution is -2.48. The van der Waals surface area contributed by atoms with Crippen LogP contribution in [0.4, 0.5) is 0 Å². The molecule has 3 aromatic rings. The van der Waals surface area contributed by atoms with Crippen molar-refractivity contribution in [2.24, 2.45) is 7.05 Å². The van der Waals surface area contributed by atoms with E-state index in [0.717, 1.165) is 53.4 Å². The van der Waals surface area contributed by atoms with E-state index < -0.39 is 0 Å². The monoisotopic (exact) mass is 481 g/mol. The Labute approximate surface area is 205 Å². The first-order chi connectivity index (χ1) is 17.0. The zero-order valence-corrected chi connectivity index (χ0v) is 21.0. The first-order valence-electron chi connectivity index (χ1n) is 12.0. The van der Waals surface area contributed by atoms with Gasteiger partial charge in [0.1, 0.15) is 11.3 Å². The average Bonchev–Trinajstić information content (AvgIpc) is 3.13. The van der Waals surface area contributed by atoms with Gasteiger partial charge in [0.05, 0.1) is 50.6 Å². The van der Waals surface area contributed by atoms with Gasteiger partial charge in [0.25, 0.3) is 0 Å². The fraction of sp³-hybridized carbons (Fsp3) is 0.480. The number of allylic oxidation sites excluding steroid dienone is 1. The molecule has 1 aliphatic heterocycles. The minimum Gasteiger partial charge on any atom is -0.496 e. The lowest BCUT2D eigenvalue weighted by Gasteiger charge is -2.29. The molecule has 1 fully saturated rings. The summed E-state index contributed by atoms with van der Waals surface area (Å²) < 4.78 is 14.6. The van der Waals surface area contributed by atoms with Gasteiger partial charge in [0, 0.05) is 48.6 Å². The second-order valence-electron chi connectivity index (χ2n) is 8.99. The SMILES string of the molecule is COc1cc2ncc3c(c2cc1/C(C=N)=C/NCCCCN(C)C)n(N1CCOCC1)c(=O)n3C. The second-order valence-corrected chi connectivity index (χ2v) is 8.99. The number of imidazole rings is 1. The van der Waals surface area contributed by atoms with Crippen LogP contribution >= 0.6 is 0 Å². The van der Waals surface area contributed by atoms with E-state index in [1.807, 2.05) is 23.3 Å². The Morgan fingerprint density at radius 2 is 2.06 bits per heavy atom. The molecule has 1 aromatic carbocycles. The lowest BCUT2D eigenvalue weighted by molar-refractivity contribution is 0.111. The van der Waals surface area contributed by atoms with Crippen molar-refractivity contribution in [1.29, 1.82) is 5.41 Å². The molecule has 35 heavy (non-hydrogen) atoms. The molecule has 2 N–H and O–H groups in total. The number of aryl methyl sites for hydroxylation is 1. The van der Waals surface area contributed by atoms with Gasteiger partial charge >= 0.3 is 5.69 Å². The molecule has 0 saturated carbocycles. The van der Waals surface area contributed by atoms with E-state index in [-0.39, 0.29) is 5.69 Å². The number of ether oxygens (including phenoxy) is 2. The number of hydrogen-bond donors (Lipinski definition) is 2. The van der Waals surface area contributed by atoms with Crippen molar-refractivity contribution in [3.63, 3.8) is 0 Å². The van der Waals surface area contributed by atoms with E-state index >= 15 is 0 Å². The van der Waals surface area contributed by atoms with E-state index in [1.54, 1.807) is 29.6 Å². The number of benzene rings is 1. The maximum absolute atomic E-state index is 13.2. The molecular formula is C25H35N7O3. The fourth-order valence-electron chi connectivity index (χ4n) is 4.45. The number of nitrogens with one attached hydrogen (secondary N) is 2. The second kappa shape index (κ2) is 10.9. The van der Waals surface area contributed by atoms with Crippen LogP contribution in [0.25, 0.3) is 27.5 Å². The van der Waals surface area contributed by atoms with Crippen molar-refractivity contribution in [1.82, 2.24) is 24.4 Å². The van der Waals surface area contributed by atoms with Crippen LogP contribution in [0.15, 0.2) is 29.3 Å². The Bertz CT molecular complexity index is 1290.